The van der Waals surface area contributed by atoms with Crippen LogP contribution in [0.25, 0.3) is 0 Å². The second-order valence-corrected chi connectivity index (χ2v) is 9.30. The predicted molar refractivity (Wildman–Crippen MR) is 127 cm³/mol. The summed E-state index contributed by atoms with van der Waals surface area (Å²) in [5, 5.41) is 11.4. The fourth-order valence-electron chi connectivity index (χ4n) is 4.72. The van der Waals surface area contributed by atoms with E-state index in [4.69, 9.17) is 11.6 Å². The van der Waals surface area contributed by atoms with Crippen LogP contribution in [0.2, 0.25) is 5.02 Å². The van der Waals surface area contributed by atoms with Crippen LogP contribution in [-0.2, 0) is 13.0 Å². The van der Waals surface area contributed by atoms with Gasteiger partial charge < -0.3 is 10.0 Å². The third kappa shape index (κ3) is 5.56. The van der Waals surface area contributed by atoms with Crippen LogP contribution in [0, 0.1) is 11.8 Å². The van der Waals surface area contributed by atoms with Crippen molar-refractivity contribution in [2.45, 2.75) is 38.3 Å². The zero-order chi connectivity index (χ0) is 22.5. The summed E-state index contributed by atoms with van der Waals surface area (Å²) in [6.45, 7) is 0.535. The molecular weight excluding hydrogens is 420 g/mol. The number of carbonyl (C=O) groups is 1. The average molecular weight is 449 g/mol. The number of hydrogen-bond acceptors (Lipinski definition) is 3. The maximum absolute atomic E-state index is 12.7. The van der Waals surface area contributed by atoms with Gasteiger partial charge in [0.05, 0.1) is 6.10 Å². The van der Waals surface area contributed by atoms with Gasteiger partial charge in [-0.05, 0) is 84.5 Å². The molecule has 1 aromatic heterocycles. The molecule has 1 aliphatic rings. The molecule has 166 valence electrons. The van der Waals surface area contributed by atoms with Crippen LogP contribution in [-0.4, -0.2) is 27.9 Å². The third-order valence-corrected chi connectivity index (χ3v) is 6.67. The lowest BCUT2D eigenvalue weighted by molar-refractivity contribution is 0.0785. The second-order valence-electron chi connectivity index (χ2n) is 8.86. The van der Waals surface area contributed by atoms with Crippen molar-refractivity contribution in [2.24, 2.45) is 11.8 Å². The number of hydrogen-bond donors (Lipinski definition) is 1. The van der Waals surface area contributed by atoms with Crippen LogP contribution in [0.1, 0.15) is 52.4 Å². The van der Waals surface area contributed by atoms with Crippen molar-refractivity contribution >= 4 is 17.5 Å². The highest BCUT2D eigenvalue weighted by molar-refractivity contribution is 6.30. The number of nitrogens with zero attached hydrogens (tertiary/aromatic N) is 2. The minimum absolute atomic E-state index is 0.00553. The number of amides is 1. The molecule has 0 bridgehead atoms. The van der Waals surface area contributed by atoms with Gasteiger partial charge in [0.15, 0.2) is 0 Å². The Balaban J connectivity index is 1.31. The summed E-state index contributed by atoms with van der Waals surface area (Å²) in [5.74, 6) is 0.815. The van der Waals surface area contributed by atoms with Gasteiger partial charge in [0.2, 0.25) is 0 Å². The number of aliphatic hydroxyl groups is 1. The van der Waals surface area contributed by atoms with E-state index in [1.807, 2.05) is 55.6 Å². The Bertz CT molecular complexity index is 1040. The van der Waals surface area contributed by atoms with Crippen molar-refractivity contribution in [2.75, 3.05) is 7.05 Å². The van der Waals surface area contributed by atoms with Gasteiger partial charge >= 0.3 is 0 Å². The molecule has 3 atom stereocenters. The Morgan fingerprint density at radius 1 is 1.12 bits per heavy atom. The van der Waals surface area contributed by atoms with E-state index in [-0.39, 0.29) is 11.8 Å². The van der Waals surface area contributed by atoms with E-state index >= 15 is 0 Å². The standard InChI is InChI=1S/C27H29ClN2O2/c1-30(18-21-4-3-13-29-17-21)27(32)22-10-7-19(8-11-22)14-20-9-12-24(15-20)26(31)23-5-2-6-25(28)16-23/h2-8,10-11,13,16-17,20,24,26,31H,9,12,14-15,18H2,1H3/t20?,24-,26+/m0/s1. The van der Waals surface area contributed by atoms with Crippen molar-refractivity contribution in [3.8, 4) is 0 Å². The maximum atomic E-state index is 12.7. The predicted octanol–water partition coefficient (Wildman–Crippen LogP) is 5.70. The first-order chi connectivity index (χ1) is 15.5. The zero-order valence-electron chi connectivity index (χ0n) is 18.3. The first kappa shape index (κ1) is 22.5. The molecule has 5 heteroatoms. The Hall–Kier alpha value is -2.69. The van der Waals surface area contributed by atoms with Gasteiger partial charge in [-0.3, -0.25) is 9.78 Å². The summed E-state index contributed by atoms with van der Waals surface area (Å²) in [7, 11) is 1.81. The van der Waals surface area contributed by atoms with Crippen molar-refractivity contribution in [1.82, 2.24) is 9.88 Å². The number of benzene rings is 2. The molecule has 1 aliphatic carbocycles. The summed E-state index contributed by atoms with van der Waals surface area (Å²) in [6.07, 6.45) is 7.15. The molecule has 0 saturated heterocycles. The fourth-order valence-corrected chi connectivity index (χ4v) is 4.92. The lowest BCUT2D eigenvalue weighted by Crippen LogP contribution is -2.26. The lowest BCUT2D eigenvalue weighted by Gasteiger charge is -2.19. The maximum Gasteiger partial charge on any atom is 0.253 e. The van der Waals surface area contributed by atoms with Crippen LogP contribution in [0.5, 0.6) is 0 Å². The molecule has 4 nitrogen and oxygen atoms in total. The van der Waals surface area contributed by atoms with E-state index in [0.717, 1.165) is 36.8 Å². The monoisotopic (exact) mass is 448 g/mol. The summed E-state index contributed by atoms with van der Waals surface area (Å²) in [5.41, 5.74) is 3.84. The Labute approximate surface area is 194 Å². The molecule has 1 fully saturated rings. The highest BCUT2D eigenvalue weighted by Gasteiger charge is 2.30. The summed E-state index contributed by atoms with van der Waals surface area (Å²) < 4.78 is 0. The highest BCUT2D eigenvalue weighted by Crippen LogP contribution is 2.40. The molecule has 1 unspecified atom stereocenters. The zero-order valence-corrected chi connectivity index (χ0v) is 19.1. The van der Waals surface area contributed by atoms with E-state index in [1.54, 1.807) is 17.3 Å². The number of halogens is 1. The van der Waals surface area contributed by atoms with Gasteiger partial charge in [-0.1, -0.05) is 41.9 Å². The molecule has 3 aromatic rings. The normalized spacial score (nSPS) is 19.0. The lowest BCUT2D eigenvalue weighted by atomic mass is 9.91. The van der Waals surface area contributed by atoms with Crippen LogP contribution < -0.4 is 0 Å². The first-order valence-corrected chi connectivity index (χ1v) is 11.5. The van der Waals surface area contributed by atoms with Gasteiger partial charge in [-0.25, -0.2) is 0 Å². The van der Waals surface area contributed by atoms with Crippen molar-refractivity contribution in [3.63, 3.8) is 0 Å². The number of pyridine rings is 1. The Morgan fingerprint density at radius 3 is 2.66 bits per heavy atom. The smallest absolute Gasteiger partial charge is 0.253 e. The van der Waals surface area contributed by atoms with Gasteiger partial charge in [-0.15, -0.1) is 0 Å². The summed E-state index contributed by atoms with van der Waals surface area (Å²) in [4.78, 5) is 18.6. The molecule has 1 amide bonds. The SMILES string of the molecule is CN(Cc1cccnc1)C(=O)c1ccc(CC2CC[C@H]([C@H](O)c3cccc(Cl)c3)C2)cc1. The van der Waals surface area contributed by atoms with Crippen LogP contribution in [0.3, 0.4) is 0 Å². The molecular formula is C27H29ClN2O2. The van der Waals surface area contributed by atoms with E-state index in [2.05, 4.69) is 17.1 Å². The number of rotatable bonds is 7. The van der Waals surface area contributed by atoms with Crippen molar-refractivity contribution < 1.29 is 9.90 Å². The van der Waals surface area contributed by atoms with Gasteiger partial charge in [0.25, 0.3) is 5.91 Å². The molecule has 1 heterocycles. The van der Waals surface area contributed by atoms with Crippen molar-refractivity contribution in [3.05, 3.63) is 100 Å². The molecule has 1 N–H and O–H groups in total. The van der Waals surface area contributed by atoms with E-state index in [9.17, 15) is 9.90 Å². The fraction of sp³-hybridized carbons (Fsp3) is 0.333. The quantitative estimate of drug-likeness (QED) is 0.504. The summed E-state index contributed by atoms with van der Waals surface area (Å²) in [6, 6.07) is 19.4. The molecule has 0 spiro atoms. The Kier molecular flexibility index (Phi) is 7.23. The van der Waals surface area contributed by atoms with Crippen LogP contribution >= 0.6 is 11.6 Å². The van der Waals surface area contributed by atoms with Crippen LogP contribution in [0.15, 0.2) is 73.1 Å². The largest absolute Gasteiger partial charge is 0.388 e. The molecule has 0 radical (unpaired) electrons. The minimum atomic E-state index is -0.464. The van der Waals surface area contributed by atoms with Gasteiger partial charge in [-0.2, -0.15) is 0 Å². The average Bonchev–Trinajstić information content (AvgIpc) is 3.27. The van der Waals surface area contributed by atoms with Gasteiger partial charge in [0, 0.05) is 36.6 Å². The first-order valence-electron chi connectivity index (χ1n) is 11.2. The van der Waals surface area contributed by atoms with Crippen LogP contribution in [0.4, 0.5) is 0 Å². The highest BCUT2D eigenvalue weighted by atomic mass is 35.5. The van der Waals surface area contributed by atoms with E-state index < -0.39 is 6.10 Å². The Morgan fingerprint density at radius 2 is 1.94 bits per heavy atom. The third-order valence-electron chi connectivity index (χ3n) is 6.43. The second kappa shape index (κ2) is 10.3. The molecule has 32 heavy (non-hydrogen) atoms. The molecule has 2 aromatic carbocycles. The minimum Gasteiger partial charge on any atom is -0.388 e. The summed E-state index contributed by atoms with van der Waals surface area (Å²) >= 11 is 6.09. The molecule has 0 aliphatic heterocycles. The van der Waals surface area contributed by atoms with E-state index in [1.165, 1.54) is 5.56 Å². The number of carbonyl (C=O) groups excluding carboxylic acids is 1. The number of aromatic nitrogens is 1. The van der Waals surface area contributed by atoms with E-state index in [0.29, 0.717) is 23.0 Å². The van der Waals surface area contributed by atoms with Gasteiger partial charge in [0.1, 0.15) is 0 Å². The number of aliphatic hydroxyl groups excluding tert-OH is 1. The topological polar surface area (TPSA) is 53.4 Å². The molecule has 4 rings (SSSR count). The molecule has 1 saturated carbocycles. The van der Waals surface area contributed by atoms with Crippen molar-refractivity contribution in [1.29, 1.82) is 0 Å².